The molecule has 0 saturated carbocycles. The molecule has 164 valence electrons. The molecule has 8 nitrogen and oxygen atoms in total. The first-order valence-electron chi connectivity index (χ1n) is 8.38. The van der Waals surface area contributed by atoms with Crippen molar-refractivity contribution in [2.24, 2.45) is 0 Å². The Balaban J connectivity index is 1.89. The fraction of sp³-hybridized carbons (Fsp3) is 0.118. The van der Waals surface area contributed by atoms with Gasteiger partial charge >= 0.3 is 10.1 Å². The zero-order chi connectivity index (χ0) is 22.6. The second-order valence-corrected chi connectivity index (χ2v) is 13.3. The molecule has 1 aliphatic rings. The van der Waals surface area contributed by atoms with Gasteiger partial charge in [-0.3, -0.25) is 9.11 Å². The highest BCUT2D eigenvalue weighted by molar-refractivity contribution is 9.10. The van der Waals surface area contributed by atoms with Crippen LogP contribution in [0.4, 0.5) is 5.69 Å². The second-order valence-electron chi connectivity index (χ2n) is 6.53. The molecule has 2 N–H and O–H groups in total. The quantitative estimate of drug-likeness (QED) is 0.317. The van der Waals surface area contributed by atoms with Crippen LogP contribution in [-0.4, -0.2) is 31.8 Å². The third-order valence-corrected chi connectivity index (χ3v) is 8.60. The van der Waals surface area contributed by atoms with Gasteiger partial charge in [-0.25, -0.2) is 0 Å². The van der Waals surface area contributed by atoms with Crippen molar-refractivity contribution in [3.8, 4) is 0 Å². The molecule has 0 unspecified atom stereocenters. The van der Waals surface area contributed by atoms with Gasteiger partial charge in [-0.2, -0.15) is 21.4 Å². The predicted molar refractivity (Wildman–Crippen MR) is 128 cm³/mol. The molecule has 1 aromatic heterocycles. The van der Waals surface area contributed by atoms with E-state index in [4.69, 9.17) is 0 Å². The van der Waals surface area contributed by atoms with Gasteiger partial charge in [-0.1, -0.05) is 55.0 Å². The van der Waals surface area contributed by atoms with Crippen molar-refractivity contribution in [3.63, 3.8) is 0 Å². The number of thiazole rings is 1. The molecule has 0 amide bonds. The summed E-state index contributed by atoms with van der Waals surface area (Å²) < 4.78 is 69.3. The Labute approximate surface area is 203 Å². The number of nitrogens with zero attached hydrogens (tertiary/aromatic N) is 2. The fourth-order valence-corrected chi connectivity index (χ4v) is 7.36. The minimum absolute atomic E-state index is 0.487. The van der Waals surface area contributed by atoms with E-state index in [0.717, 1.165) is 18.5 Å². The molecule has 14 heteroatoms. The molecular weight excluding hydrogens is 616 g/mol. The molecule has 0 aliphatic carbocycles. The van der Waals surface area contributed by atoms with Crippen molar-refractivity contribution in [2.45, 2.75) is 10.8 Å². The van der Waals surface area contributed by atoms with E-state index in [9.17, 15) is 25.9 Å². The minimum atomic E-state index is -4.35. The van der Waals surface area contributed by atoms with Gasteiger partial charge in [0.1, 0.15) is 4.70 Å². The van der Waals surface area contributed by atoms with E-state index in [1.54, 1.807) is 18.2 Å². The number of anilines is 1. The van der Waals surface area contributed by atoms with E-state index < -0.39 is 32.0 Å². The maximum absolute atomic E-state index is 11.7. The SMILES string of the molecule is O=S(=O)(O)CN1C(=Cc2sc3ccc(Br)cc3[n+]2CS(=O)(=O)O)Sc2ccc(Br)cc21. The zero-order valence-corrected chi connectivity index (χ0v) is 21.7. The molecule has 3 aromatic rings. The molecular formula is C17H13Br2N2O6S4+. The van der Waals surface area contributed by atoms with Crippen molar-refractivity contribution in [3.05, 3.63) is 55.4 Å². The number of halogens is 2. The van der Waals surface area contributed by atoms with Crippen molar-refractivity contribution in [2.75, 3.05) is 10.8 Å². The lowest BCUT2D eigenvalue weighted by Crippen LogP contribution is -2.39. The number of rotatable bonds is 5. The average Bonchev–Trinajstić information content (AvgIpc) is 3.11. The Morgan fingerprint density at radius 1 is 1.00 bits per heavy atom. The van der Waals surface area contributed by atoms with Gasteiger partial charge in [-0.15, -0.1) is 0 Å². The van der Waals surface area contributed by atoms with Gasteiger partial charge in [0.2, 0.25) is 5.52 Å². The number of thioether (sulfide) groups is 1. The first-order valence-corrected chi connectivity index (χ1v) is 14.8. The van der Waals surface area contributed by atoms with Crippen LogP contribution in [0.3, 0.4) is 0 Å². The lowest BCUT2D eigenvalue weighted by Gasteiger charge is -2.18. The summed E-state index contributed by atoms with van der Waals surface area (Å²) in [6.07, 6.45) is 1.65. The maximum Gasteiger partial charge on any atom is 0.326 e. The highest BCUT2D eigenvalue weighted by Crippen LogP contribution is 2.48. The molecule has 0 radical (unpaired) electrons. The number of benzene rings is 2. The summed E-state index contributed by atoms with van der Waals surface area (Å²) >= 11 is 9.31. The molecule has 0 fully saturated rings. The highest BCUT2D eigenvalue weighted by atomic mass is 79.9. The first kappa shape index (κ1) is 23.2. The maximum atomic E-state index is 11.7. The molecule has 31 heavy (non-hydrogen) atoms. The van der Waals surface area contributed by atoms with Gasteiger partial charge in [0.25, 0.3) is 21.0 Å². The van der Waals surface area contributed by atoms with Crippen molar-refractivity contribution < 1.29 is 30.5 Å². The summed E-state index contributed by atoms with van der Waals surface area (Å²) in [6, 6.07) is 10.7. The Bertz CT molecular complexity index is 1450. The molecule has 1 aliphatic heterocycles. The number of fused-ring (bicyclic) bond motifs is 2. The zero-order valence-electron chi connectivity index (χ0n) is 15.3. The number of hydrogen-bond donors (Lipinski definition) is 2. The monoisotopic (exact) mass is 627 g/mol. The predicted octanol–water partition coefficient (Wildman–Crippen LogP) is 4.32. The van der Waals surface area contributed by atoms with Crippen molar-refractivity contribution in [1.82, 2.24) is 0 Å². The van der Waals surface area contributed by atoms with E-state index in [-0.39, 0.29) is 0 Å². The number of hydrogen-bond acceptors (Lipinski definition) is 7. The summed E-state index contributed by atoms with van der Waals surface area (Å²) in [7, 11) is -8.69. The summed E-state index contributed by atoms with van der Waals surface area (Å²) in [5, 5.41) is 0.973. The standard InChI is InChI=1S/C17H12Br2N2O6S4/c18-10-1-3-14-12(5-10)20(8-30(22,23)24)16(28-14)7-17-21(9-31(25,26)27)13-6-11(19)2-4-15(13)29-17/h1-7H,8-9H2,(H-,22,23,24,25,26,27)/p+1. The van der Waals surface area contributed by atoms with E-state index in [2.05, 4.69) is 31.9 Å². The Kier molecular flexibility index (Phi) is 6.28. The summed E-state index contributed by atoms with van der Waals surface area (Å²) in [6.45, 7) is 0. The summed E-state index contributed by atoms with van der Waals surface area (Å²) in [5.74, 6) is -1.33. The Morgan fingerprint density at radius 3 is 2.35 bits per heavy atom. The molecule has 4 rings (SSSR count). The topological polar surface area (TPSA) is 116 Å². The fourth-order valence-electron chi connectivity index (χ4n) is 3.06. The molecule has 0 bridgehead atoms. The number of aromatic nitrogens is 1. The largest absolute Gasteiger partial charge is 0.326 e. The molecule has 0 saturated heterocycles. The van der Waals surface area contributed by atoms with Crippen LogP contribution in [0.2, 0.25) is 0 Å². The molecule has 0 atom stereocenters. The third kappa shape index (κ3) is 5.33. The van der Waals surface area contributed by atoms with Crippen LogP contribution < -0.4 is 9.47 Å². The third-order valence-electron chi connectivity index (χ3n) is 4.22. The van der Waals surface area contributed by atoms with Crippen LogP contribution in [0.25, 0.3) is 16.3 Å². The highest BCUT2D eigenvalue weighted by Gasteiger charge is 2.31. The van der Waals surface area contributed by atoms with Crippen LogP contribution in [0.5, 0.6) is 0 Å². The van der Waals surface area contributed by atoms with E-state index in [1.807, 2.05) is 24.3 Å². The minimum Gasteiger partial charge on any atom is -0.317 e. The van der Waals surface area contributed by atoms with Crippen LogP contribution >= 0.6 is 55.0 Å². The molecule has 0 spiro atoms. The summed E-state index contributed by atoms with van der Waals surface area (Å²) in [4.78, 5) is 2.22. The van der Waals surface area contributed by atoms with E-state index in [1.165, 1.54) is 32.6 Å². The van der Waals surface area contributed by atoms with Gasteiger partial charge in [0, 0.05) is 19.9 Å². The van der Waals surface area contributed by atoms with Gasteiger partial charge in [0.05, 0.1) is 16.8 Å². The van der Waals surface area contributed by atoms with E-state index >= 15 is 0 Å². The molecule has 2 heterocycles. The Hall–Kier alpha value is -1.00. The summed E-state index contributed by atoms with van der Waals surface area (Å²) in [5.41, 5.74) is 1.18. The smallest absolute Gasteiger partial charge is 0.317 e. The lowest BCUT2D eigenvalue weighted by atomic mass is 10.3. The van der Waals surface area contributed by atoms with Gasteiger partial charge in [0.15, 0.2) is 5.88 Å². The second kappa shape index (κ2) is 8.41. The van der Waals surface area contributed by atoms with Crippen LogP contribution in [0.1, 0.15) is 5.01 Å². The van der Waals surface area contributed by atoms with Crippen molar-refractivity contribution in [1.29, 1.82) is 0 Å². The van der Waals surface area contributed by atoms with Crippen LogP contribution in [0, 0.1) is 0 Å². The van der Waals surface area contributed by atoms with Crippen LogP contribution in [-0.2, 0) is 26.1 Å². The van der Waals surface area contributed by atoms with Gasteiger partial charge < -0.3 is 4.90 Å². The first-order chi connectivity index (χ1) is 14.4. The molecule has 2 aromatic carbocycles. The van der Waals surface area contributed by atoms with Gasteiger partial charge in [-0.05, 0) is 30.3 Å². The normalized spacial score (nSPS) is 15.7. The van der Waals surface area contributed by atoms with E-state index in [0.29, 0.717) is 21.2 Å². The van der Waals surface area contributed by atoms with Crippen molar-refractivity contribution >= 4 is 97.2 Å². The van der Waals surface area contributed by atoms with Crippen LogP contribution in [0.15, 0.2) is 55.3 Å². The Morgan fingerprint density at radius 2 is 1.68 bits per heavy atom. The lowest BCUT2D eigenvalue weighted by molar-refractivity contribution is -0.649. The average molecular weight is 629 g/mol.